The van der Waals surface area contributed by atoms with E-state index in [1.807, 2.05) is 0 Å². The average Bonchev–Trinajstić information content (AvgIpc) is 2.98. The summed E-state index contributed by atoms with van der Waals surface area (Å²) in [5.74, 6) is -0.299. The van der Waals surface area contributed by atoms with Gasteiger partial charge in [-0.15, -0.1) is 0 Å². The van der Waals surface area contributed by atoms with Crippen molar-refractivity contribution < 1.29 is 17.9 Å². The van der Waals surface area contributed by atoms with Gasteiger partial charge in [0, 0.05) is 12.1 Å². The lowest BCUT2D eigenvalue weighted by Crippen LogP contribution is -2.27. The molecule has 1 atom stereocenters. The maximum absolute atomic E-state index is 13.7. The lowest BCUT2D eigenvalue weighted by Gasteiger charge is -2.12. The van der Waals surface area contributed by atoms with Gasteiger partial charge in [-0.1, -0.05) is 13.8 Å². The van der Waals surface area contributed by atoms with Crippen LogP contribution in [0.2, 0.25) is 0 Å². The van der Waals surface area contributed by atoms with Crippen molar-refractivity contribution in [3.05, 3.63) is 29.1 Å². The Hall–Kier alpha value is -0.980. The molecule has 1 unspecified atom stereocenters. The minimum atomic E-state index is -3.75. The molecule has 1 aliphatic carbocycles. The highest BCUT2D eigenvalue weighted by molar-refractivity contribution is 7.89. The first-order chi connectivity index (χ1) is 9.17. The molecule has 0 aromatic heterocycles. The highest BCUT2D eigenvalue weighted by atomic mass is 32.2. The molecule has 0 heterocycles. The molecule has 0 bridgehead atoms. The summed E-state index contributed by atoms with van der Waals surface area (Å²) in [6.07, 6.45) is 0.986. The molecule has 112 valence electrons. The second-order valence-corrected chi connectivity index (χ2v) is 7.84. The van der Waals surface area contributed by atoms with Gasteiger partial charge in [-0.05, 0) is 42.4 Å². The zero-order valence-electron chi connectivity index (χ0n) is 11.9. The molecule has 0 radical (unpaired) electrons. The van der Waals surface area contributed by atoms with Gasteiger partial charge in [-0.25, -0.2) is 17.5 Å². The molecule has 4 nitrogen and oxygen atoms in total. The van der Waals surface area contributed by atoms with E-state index >= 15 is 0 Å². The summed E-state index contributed by atoms with van der Waals surface area (Å²) in [6, 6.07) is 2.47. The first kappa shape index (κ1) is 15.4. The third kappa shape index (κ3) is 3.02. The third-order valence-electron chi connectivity index (χ3n) is 4.07. The van der Waals surface area contributed by atoms with E-state index < -0.39 is 22.4 Å². The van der Waals surface area contributed by atoms with E-state index in [2.05, 4.69) is 18.6 Å². The second kappa shape index (κ2) is 5.09. The van der Waals surface area contributed by atoms with Gasteiger partial charge in [0.2, 0.25) is 10.0 Å². The maximum Gasteiger partial charge on any atom is 0.240 e. The lowest BCUT2D eigenvalue weighted by atomic mass is 10.1. The van der Waals surface area contributed by atoms with E-state index in [9.17, 15) is 12.8 Å². The van der Waals surface area contributed by atoms with Crippen LogP contribution in [0.5, 0.6) is 0 Å². The van der Waals surface area contributed by atoms with Crippen molar-refractivity contribution in [2.24, 2.45) is 11.3 Å². The molecule has 1 aliphatic rings. The topological polar surface area (TPSA) is 66.4 Å². The van der Waals surface area contributed by atoms with E-state index in [0.29, 0.717) is 12.5 Å². The average molecular weight is 301 g/mol. The van der Waals surface area contributed by atoms with Crippen molar-refractivity contribution in [1.29, 1.82) is 0 Å². The summed E-state index contributed by atoms with van der Waals surface area (Å²) in [5, 5.41) is 9.06. The predicted octanol–water partition coefficient (Wildman–Crippen LogP) is 1.95. The smallest absolute Gasteiger partial charge is 0.240 e. The van der Waals surface area contributed by atoms with Crippen LogP contribution in [0.4, 0.5) is 4.39 Å². The maximum atomic E-state index is 13.7. The van der Waals surface area contributed by atoms with Crippen molar-refractivity contribution in [3.8, 4) is 0 Å². The van der Waals surface area contributed by atoms with Gasteiger partial charge in [0.1, 0.15) is 5.82 Å². The van der Waals surface area contributed by atoms with Crippen LogP contribution in [0.3, 0.4) is 0 Å². The minimum absolute atomic E-state index is 0.0738. The summed E-state index contributed by atoms with van der Waals surface area (Å²) in [5.41, 5.74) is 0.500. The number of nitrogens with one attached hydrogen (secondary N) is 1. The molecule has 2 N–H and O–H groups in total. The largest absolute Gasteiger partial charge is 0.392 e. The summed E-state index contributed by atoms with van der Waals surface area (Å²) in [6.45, 7) is 5.56. The zero-order valence-corrected chi connectivity index (χ0v) is 12.7. The quantitative estimate of drug-likeness (QED) is 0.873. The van der Waals surface area contributed by atoms with Crippen LogP contribution in [0, 0.1) is 24.1 Å². The Morgan fingerprint density at radius 1 is 1.45 bits per heavy atom. The Morgan fingerprint density at radius 2 is 2.05 bits per heavy atom. The molecule has 1 aromatic rings. The molecule has 1 saturated carbocycles. The van der Waals surface area contributed by atoms with Gasteiger partial charge in [0.25, 0.3) is 0 Å². The summed E-state index contributed by atoms with van der Waals surface area (Å²) < 4.78 is 40.7. The van der Waals surface area contributed by atoms with Crippen molar-refractivity contribution >= 4 is 10.0 Å². The van der Waals surface area contributed by atoms with Gasteiger partial charge >= 0.3 is 0 Å². The Bertz CT molecular complexity index is 626. The molecule has 1 fully saturated rings. The van der Waals surface area contributed by atoms with Crippen LogP contribution in [0.25, 0.3) is 0 Å². The summed E-state index contributed by atoms with van der Waals surface area (Å²) >= 11 is 0. The fraction of sp³-hybridized carbons (Fsp3) is 0.571. The fourth-order valence-corrected chi connectivity index (χ4v) is 3.67. The molecular formula is C14H20FNO3S. The number of rotatable bonds is 5. The van der Waals surface area contributed by atoms with Crippen molar-refractivity contribution in [1.82, 2.24) is 4.72 Å². The van der Waals surface area contributed by atoms with Gasteiger partial charge in [-0.3, -0.25) is 0 Å². The zero-order chi connectivity index (χ0) is 15.1. The number of halogens is 1. The fourth-order valence-electron chi connectivity index (χ4n) is 2.29. The molecule has 2 rings (SSSR count). The number of aliphatic hydroxyl groups excluding tert-OH is 1. The number of hydrogen-bond donors (Lipinski definition) is 2. The number of sulfonamides is 1. The van der Waals surface area contributed by atoms with Crippen LogP contribution in [-0.2, 0) is 16.6 Å². The van der Waals surface area contributed by atoms with Crippen molar-refractivity contribution in [2.45, 2.75) is 38.7 Å². The molecule has 0 amide bonds. The van der Waals surface area contributed by atoms with E-state index in [0.717, 1.165) is 12.5 Å². The van der Waals surface area contributed by atoms with Gasteiger partial charge < -0.3 is 5.11 Å². The Balaban J connectivity index is 2.23. The summed E-state index contributed by atoms with van der Waals surface area (Å²) in [7, 11) is -3.75. The van der Waals surface area contributed by atoms with E-state index in [1.54, 1.807) is 0 Å². The monoisotopic (exact) mass is 301 g/mol. The molecule has 20 heavy (non-hydrogen) atoms. The van der Waals surface area contributed by atoms with Crippen LogP contribution >= 0.6 is 0 Å². The first-order valence-electron chi connectivity index (χ1n) is 6.57. The van der Waals surface area contributed by atoms with Crippen molar-refractivity contribution in [3.63, 3.8) is 0 Å². The normalized spacial score (nSPS) is 20.9. The summed E-state index contributed by atoms with van der Waals surface area (Å²) in [4.78, 5) is -0.0972. The van der Waals surface area contributed by atoms with Crippen LogP contribution in [0.15, 0.2) is 17.0 Å². The van der Waals surface area contributed by atoms with E-state index in [-0.39, 0.29) is 21.4 Å². The predicted molar refractivity (Wildman–Crippen MR) is 74.1 cm³/mol. The molecule has 0 spiro atoms. The standard InChI is InChI=1S/C14H20FNO3S/c1-9-12(15)4-10(8-17)5-13(9)20(18,19)16-7-11-6-14(11,2)3/h4-5,11,16-17H,6-8H2,1-3H3. The van der Waals surface area contributed by atoms with Crippen LogP contribution < -0.4 is 4.72 Å². The number of aliphatic hydroxyl groups is 1. The Kier molecular flexibility index (Phi) is 3.92. The van der Waals surface area contributed by atoms with Gasteiger partial charge in [-0.2, -0.15) is 0 Å². The molecule has 0 aliphatic heterocycles. The minimum Gasteiger partial charge on any atom is -0.392 e. The molecule has 1 aromatic carbocycles. The number of benzene rings is 1. The number of hydrogen-bond acceptors (Lipinski definition) is 3. The second-order valence-electron chi connectivity index (χ2n) is 6.10. The van der Waals surface area contributed by atoms with Gasteiger partial charge in [0.15, 0.2) is 0 Å². The third-order valence-corrected chi connectivity index (χ3v) is 5.62. The Morgan fingerprint density at radius 3 is 2.55 bits per heavy atom. The van der Waals surface area contributed by atoms with Crippen LogP contribution in [0.1, 0.15) is 31.4 Å². The van der Waals surface area contributed by atoms with Crippen molar-refractivity contribution in [2.75, 3.05) is 6.54 Å². The van der Waals surface area contributed by atoms with Gasteiger partial charge in [0.05, 0.1) is 11.5 Å². The highest BCUT2D eigenvalue weighted by Crippen LogP contribution is 2.51. The molecule has 6 heteroatoms. The SMILES string of the molecule is Cc1c(F)cc(CO)cc1S(=O)(=O)NCC1CC1(C)C. The van der Waals surface area contributed by atoms with E-state index in [1.165, 1.54) is 13.0 Å². The highest BCUT2D eigenvalue weighted by Gasteiger charge is 2.45. The Labute approximate surface area is 119 Å². The lowest BCUT2D eigenvalue weighted by molar-refractivity contribution is 0.281. The molecule has 0 saturated heterocycles. The van der Waals surface area contributed by atoms with E-state index in [4.69, 9.17) is 5.11 Å². The molecular weight excluding hydrogens is 281 g/mol. The van der Waals surface area contributed by atoms with Crippen LogP contribution in [-0.4, -0.2) is 20.1 Å². The first-order valence-corrected chi connectivity index (χ1v) is 8.05.